The van der Waals surface area contributed by atoms with Crippen molar-refractivity contribution in [1.29, 1.82) is 0 Å². The molecule has 0 spiro atoms. The number of carbonyl (C=O) groups is 1. The predicted molar refractivity (Wildman–Crippen MR) is 77.3 cm³/mol. The van der Waals surface area contributed by atoms with E-state index in [9.17, 15) is 9.90 Å². The van der Waals surface area contributed by atoms with Crippen molar-refractivity contribution in [3.63, 3.8) is 0 Å². The average Bonchev–Trinajstić information content (AvgIpc) is 2.48. The van der Waals surface area contributed by atoms with Gasteiger partial charge in [-0.15, -0.1) is 0 Å². The van der Waals surface area contributed by atoms with Crippen molar-refractivity contribution in [3.8, 4) is 17.2 Å². The van der Waals surface area contributed by atoms with Crippen LogP contribution in [0, 0.1) is 0 Å². The van der Waals surface area contributed by atoms with Crippen LogP contribution in [0.25, 0.3) is 0 Å². The summed E-state index contributed by atoms with van der Waals surface area (Å²) in [7, 11) is 1.58. The van der Waals surface area contributed by atoms with Crippen LogP contribution in [0.4, 0.5) is 0 Å². The standard InChI is InChI=1S/C16H14O4.H2O/c1-19-12-6-7-13-15(8-12)20-9-14(16(13)18)10-2-4-11(17)5-3-10;/h2-8,14,17H,9H2,1H3;1H2/t14-;/m0./s1. The summed E-state index contributed by atoms with van der Waals surface area (Å²) >= 11 is 0. The summed E-state index contributed by atoms with van der Waals surface area (Å²) in [5, 5.41) is 9.31. The van der Waals surface area contributed by atoms with Gasteiger partial charge in [-0.05, 0) is 29.8 Å². The molecule has 0 amide bonds. The number of phenolic OH excluding ortho intramolecular Hbond substituents is 1. The quantitative estimate of drug-likeness (QED) is 0.914. The molecule has 0 aromatic heterocycles. The fourth-order valence-electron chi connectivity index (χ4n) is 2.34. The van der Waals surface area contributed by atoms with Crippen LogP contribution in [-0.2, 0) is 0 Å². The highest BCUT2D eigenvalue weighted by atomic mass is 16.5. The molecule has 0 aliphatic carbocycles. The molecular formula is C16H16O5. The molecule has 1 atom stereocenters. The Morgan fingerprint density at radius 3 is 2.57 bits per heavy atom. The van der Waals surface area contributed by atoms with Crippen LogP contribution < -0.4 is 9.47 Å². The molecule has 0 saturated heterocycles. The molecule has 110 valence electrons. The summed E-state index contributed by atoms with van der Waals surface area (Å²) in [6, 6.07) is 11.8. The van der Waals surface area contributed by atoms with E-state index in [2.05, 4.69) is 0 Å². The number of hydrogen-bond donors (Lipinski definition) is 1. The van der Waals surface area contributed by atoms with Crippen LogP contribution in [0.3, 0.4) is 0 Å². The van der Waals surface area contributed by atoms with E-state index < -0.39 is 0 Å². The minimum atomic E-state index is -0.337. The summed E-state index contributed by atoms with van der Waals surface area (Å²) in [5.74, 6) is 1.10. The maximum atomic E-state index is 12.5. The summed E-state index contributed by atoms with van der Waals surface area (Å²) in [5.41, 5.74) is 1.41. The van der Waals surface area contributed by atoms with Crippen molar-refractivity contribution < 1.29 is 24.9 Å². The lowest BCUT2D eigenvalue weighted by atomic mass is 9.89. The smallest absolute Gasteiger partial charge is 0.177 e. The maximum Gasteiger partial charge on any atom is 0.177 e. The zero-order valence-corrected chi connectivity index (χ0v) is 11.5. The van der Waals surface area contributed by atoms with E-state index in [-0.39, 0.29) is 22.9 Å². The van der Waals surface area contributed by atoms with Gasteiger partial charge in [0.1, 0.15) is 23.9 Å². The molecule has 2 aromatic carbocycles. The minimum absolute atomic E-state index is 0. The Morgan fingerprint density at radius 2 is 1.90 bits per heavy atom. The van der Waals surface area contributed by atoms with Crippen LogP contribution in [0.2, 0.25) is 0 Å². The Labute approximate surface area is 122 Å². The molecule has 5 heteroatoms. The Bertz CT molecular complexity index is 648. The Hall–Kier alpha value is -2.53. The van der Waals surface area contributed by atoms with Crippen molar-refractivity contribution in [3.05, 3.63) is 53.6 Å². The number of ether oxygens (including phenoxy) is 2. The fraction of sp³-hybridized carbons (Fsp3) is 0.188. The second-order valence-corrected chi connectivity index (χ2v) is 4.68. The van der Waals surface area contributed by atoms with Gasteiger partial charge in [-0.25, -0.2) is 0 Å². The molecule has 5 nitrogen and oxygen atoms in total. The third kappa shape index (κ3) is 2.68. The van der Waals surface area contributed by atoms with Gasteiger partial charge in [0.2, 0.25) is 0 Å². The zero-order chi connectivity index (χ0) is 14.1. The van der Waals surface area contributed by atoms with Crippen LogP contribution in [0.1, 0.15) is 21.8 Å². The largest absolute Gasteiger partial charge is 0.508 e. The van der Waals surface area contributed by atoms with E-state index in [0.29, 0.717) is 23.7 Å². The summed E-state index contributed by atoms with van der Waals surface area (Å²) in [6.07, 6.45) is 0. The van der Waals surface area contributed by atoms with Crippen LogP contribution in [0.15, 0.2) is 42.5 Å². The van der Waals surface area contributed by atoms with E-state index in [1.807, 2.05) is 0 Å². The first-order valence-corrected chi connectivity index (χ1v) is 6.33. The number of aromatic hydroxyl groups is 1. The number of hydrogen-bond acceptors (Lipinski definition) is 4. The van der Waals surface area contributed by atoms with Crippen molar-refractivity contribution in [1.82, 2.24) is 0 Å². The van der Waals surface area contributed by atoms with Crippen LogP contribution in [0.5, 0.6) is 17.2 Å². The monoisotopic (exact) mass is 288 g/mol. The third-order valence-electron chi connectivity index (χ3n) is 3.47. The van der Waals surface area contributed by atoms with Gasteiger partial charge in [-0.3, -0.25) is 4.79 Å². The first-order chi connectivity index (χ1) is 9.69. The van der Waals surface area contributed by atoms with Gasteiger partial charge in [0.15, 0.2) is 5.78 Å². The first kappa shape index (κ1) is 14.9. The molecule has 0 unspecified atom stereocenters. The van der Waals surface area contributed by atoms with Gasteiger partial charge < -0.3 is 20.1 Å². The van der Waals surface area contributed by atoms with Crippen molar-refractivity contribution in [2.75, 3.05) is 13.7 Å². The van der Waals surface area contributed by atoms with Gasteiger partial charge >= 0.3 is 0 Å². The van der Waals surface area contributed by atoms with Crippen molar-refractivity contribution in [2.24, 2.45) is 0 Å². The third-order valence-corrected chi connectivity index (χ3v) is 3.47. The number of rotatable bonds is 2. The highest BCUT2D eigenvalue weighted by molar-refractivity contribution is 6.04. The SMILES string of the molecule is COc1ccc2c(c1)OC[C@@H](c1ccc(O)cc1)C2=O.O. The second-order valence-electron chi connectivity index (χ2n) is 4.68. The summed E-state index contributed by atoms with van der Waals surface area (Å²) in [6.45, 7) is 0.295. The number of phenols is 1. The second kappa shape index (κ2) is 5.85. The van der Waals surface area contributed by atoms with Gasteiger partial charge in [0.05, 0.1) is 18.6 Å². The lowest BCUT2D eigenvalue weighted by Gasteiger charge is -2.24. The Kier molecular flexibility index (Phi) is 4.14. The lowest BCUT2D eigenvalue weighted by molar-refractivity contribution is 0.0896. The van der Waals surface area contributed by atoms with Gasteiger partial charge in [-0.2, -0.15) is 0 Å². The highest BCUT2D eigenvalue weighted by Crippen LogP contribution is 2.35. The van der Waals surface area contributed by atoms with E-state index >= 15 is 0 Å². The van der Waals surface area contributed by atoms with Crippen molar-refractivity contribution in [2.45, 2.75) is 5.92 Å². The molecular weight excluding hydrogens is 272 g/mol. The summed E-state index contributed by atoms with van der Waals surface area (Å²) < 4.78 is 10.8. The van der Waals surface area contributed by atoms with Crippen LogP contribution >= 0.6 is 0 Å². The summed E-state index contributed by atoms with van der Waals surface area (Å²) in [4.78, 5) is 12.5. The van der Waals surface area contributed by atoms with E-state index in [0.717, 1.165) is 5.56 Å². The molecule has 1 aliphatic heterocycles. The zero-order valence-electron chi connectivity index (χ0n) is 11.5. The highest BCUT2D eigenvalue weighted by Gasteiger charge is 2.30. The topological polar surface area (TPSA) is 87.3 Å². The number of Topliss-reactive ketones (excluding diaryl/α,β-unsaturated/α-hetero) is 1. The number of methoxy groups -OCH3 is 1. The number of carbonyl (C=O) groups excluding carboxylic acids is 1. The molecule has 0 saturated carbocycles. The lowest BCUT2D eigenvalue weighted by Crippen LogP contribution is -2.25. The van der Waals surface area contributed by atoms with E-state index in [1.165, 1.54) is 0 Å². The average molecular weight is 288 g/mol. The van der Waals surface area contributed by atoms with Gasteiger partial charge in [0, 0.05) is 6.07 Å². The van der Waals surface area contributed by atoms with E-state index in [1.54, 1.807) is 49.6 Å². The predicted octanol–water partition coefficient (Wildman–Crippen LogP) is 1.94. The molecule has 2 aromatic rings. The molecule has 3 rings (SSSR count). The maximum absolute atomic E-state index is 12.5. The number of ketones is 1. The normalized spacial score (nSPS) is 16.4. The molecule has 0 radical (unpaired) electrons. The Morgan fingerprint density at radius 1 is 1.19 bits per heavy atom. The fourth-order valence-corrected chi connectivity index (χ4v) is 2.34. The molecule has 0 bridgehead atoms. The first-order valence-electron chi connectivity index (χ1n) is 6.33. The molecule has 1 heterocycles. The number of benzene rings is 2. The van der Waals surface area contributed by atoms with E-state index in [4.69, 9.17) is 9.47 Å². The molecule has 1 aliphatic rings. The van der Waals surface area contributed by atoms with Gasteiger partial charge in [0.25, 0.3) is 0 Å². The van der Waals surface area contributed by atoms with Crippen molar-refractivity contribution >= 4 is 5.78 Å². The molecule has 0 fully saturated rings. The minimum Gasteiger partial charge on any atom is -0.508 e. The number of fused-ring (bicyclic) bond motifs is 1. The Balaban J connectivity index is 0.00000161. The molecule has 3 N–H and O–H groups in total. The van der Waals surface area contributed by atoms with Gasteiger partial charge in [-0.1, -0.05) is 12.1 Å². The molecule has 21 heavy (non-hydrogen) atoms. The van der Waals surface area contributed by atoms with Crippen LogP contribution in [-0.4, -0.2) is 30.1 Å².